The van der Waals surface area contributed by atoms with E-state index < -0.39 is 0 Å². The first-order valence-corrected chi connectivity index (χ1v) is 9.66. The third-order valence-electron chi connectivity index (χ3n) is 4.16. The lowest BCUT2D eigenvalue weighted by Crippen LogP contribution is -2.38. The van der Waals surface area contributed by atoms with Crippen LogP contribution < -0.4 is 15.4 Å². The van der Waals surface area contributed by atoms with Crippen LogP contribution in [-0.2, 0) is 16.0 Å². The molecule has 1 unspecified atom stereocenters. The molecule has 1 aromatic rings. The molecule has 6 nitrogen and oxygen atoms in total. The Morgan fingerprint density at radius 1 is 1.30 bits per heavy atom. The molecule has 1 heterocycles. The Labute approximate surface area is 180 Å². The smallest absolute Gasteiger partial charge is 0.191 e. The van der Waals surface area contributed by atoms with Gasteiger partial charge in [0.15, 0.2) is 5.96 Å². The molecule has 2 rings (SSSR count). The SMILES string of the molecule is CCNC(=NCc1ccc(OCC)c(C)c1)NCCCOC1CCOC1.I. The van der Waals surface area contributed by atoms with Crippen LogP contribution in [0, 0.1) is 6.92 Å². The van der Waals surface area contributed by atoms with Crippen molar-refractivity contribution in [2.45, 2.75) is 46.3 Å². The van der Waals surface area contributed by atoms with E-state index >= 15 is 0 Å². The number of ether oxygens (including phenoxy) is 3. The summed E-state index contributed by atoms with van der Waals surface area (Å²) in [5.41, 5.74) is 2.32. The van der Waals surface area contributed by atoms with Crippen LogP contribution >= 0.6 is 24.0 Å². The fourth-order valence-electron chi connectivity index (χ4n) is 2.81. The summed E-state index contributed by atoms with van der Waals surface area (Å²) >= 11 is 0. The van der Waals surface area contributed by atoms with Gasteiger partial charge in [0.05, 0.1) is 25.9 Å². The maximum absolute atomic E-state index is 5.78. The van der Waals surface area contributed by atoms with Gasteiger partial charge in [0.1, 0.15) is 5.75 Å². The second-order valence-corrected chi connectivity index (χ2v) is 6.36. The quantitative estimate of drug-likeness (QED) is 0.228. The van der Waals surface area contributed by atoms with Crippen LogP contribution in [0.15, 0.2) is 23.2 Å². The van der Waals surface area contributed by atoms with Gasteiger partial charge in [-0.3, -0.25) is 0 Å². The van der Waals surface area contributed by atoms with Gasteiger partial charge in [0.2, 0.25) is 0 Å². The molecule has 27 heavy (non-hydrogen) atoms. The highest BCUT2D eigenvalue weighted by Gasteiger charge is 2.15. The minimum Gasteiger partial charge on any atom is -0.494 e. The van der Waals surface area contributed by atoms with Crippen LogP contribution in [0.1, 0.15) is 37.8 Å². The van der Waals surface area contributed by atoms with Gasteiger partial charge in [-0.1, -0.05) is 12.1 Å². The summed E-state index contributed by atoms with van der Waals surface area (Å²) in [5.74, 6) is 1.78. The Kier molecular flexibility index (Phi) is 12.4. The highest BCUT2D eigenvalue weighted by Crippen LogP contribution is 2.19. The molecule has 2 N–H and O–H groups in total. The average molecular weight is 491 g/mol. The molecule has 0 spiro atoms. The highest BCUT2D eigenvalue weighted by atomic mass is 127. The number of rotatable bonds is 10. The van der Waals surface area contributed by atoms with Crippen LogP contribution in [0.25, 0.3) is 0 Å². The van der Waals surface area contributed by atoms with Crippen molar-refractivity contribution < 1.29 is 14.2 Å². The summed E-state index contributed by atoms with van der Waals surface area (Å²) < 4.78 is 16.7. The zero-order valence-electron chi connectivity index (χ0n) is 16.8. The van der Waals surface area contributed by atoms with Gasteiger partial charge in [-0.2, -0.15) is 0 Å². The Hall–Kier alpha value is -1.06. The van der Waals surface area contributed by atoms with E-state index in [4.69, 9.17) is 14.2 Å². The zero-order chi connectivity index (χ0) is 18.6. The Bertz CT molecular complexity index is 563. The molecule has 1 fully saturated rings. The highest BCUT2D eigenvalue weighted by molar-refractivity contribution is 14.0. The van der Waals surface area contributed by atoms with Gasteiger partial charge in [0, 0.05) is 26.3 Å². The third-order valence-corrected chi connectivity index (χ3v) is 4.16. The zero-order valence-corrected chi connectivity index (χ0v) is 19.1. The predicted octanol–water partition coefficient (Wildman–Crippen LogP) is 3.26. The molecule has 0 saturated carbocycles. The summed E-state index contributed by atoms with van der Waals surface area (Å²) in [5, 5.41) is 6.65. The van der Waals surface area contributed by atoms with E-state index in [1.165, 1.54) is 5.56 Å². The maximum Gasteiger partial charge on any atom is 0.191 e. The number of aryl methyl sites for hydroxylation is 1. The van der Waals surface area contributed by atoms with Crippen LogP contribution in [0.4, 0.5) is 0 Å². The van der Waals surface area contributed by atoms with Crippen LogP contribution in [0.3, 0.4) is 0 Å². The van der Waals surface area contributed by atoms with Gasteiger partial charge in [-0.15, -0.1) is 24.0 Å². The van der Waals surface area contributed by atoms with Crippen molar-refractivity contribution in [2.24, 2.45) is 4.99 Å². The van der Waals surface area contributed by atoms with E-state index in [1.54, 1.807) is 0 Å². The van der Waals surface area contributed by atoms with E-state index in [9.17, 15) is 0 Å². The van der Waals surface area contributed by atoms with Crippen molar-refractivity contribution in [1.29, 1.82) is 0 Å². The summed E-state index contributed by atoms with van der Waals surface area (Å²) in [7, 11) is 0. The number of nitrogens with zero attached hydrogens (tertiary/aromatic N) is 1. The number of aliphatic imine (C=N–C) groups is 1. The van der Waals surface area contributed by atoms with Gasteiger partial charge >= 0.3 is 0 Å². The van der Waals surface area contributed by atoms with Gasteiger partial charge < -0.3 is 24.8 Å². The fourth-order valence-corrected chi connectivity index (χ4v) is 2.81. The molecule has 1 aromatic carbocycles. The van der Waals surface area contributed by atoms with E-state index in [-0.39, 0.29) is 30.1 Å². The second-order valence-electron chi connectivity index (χ2n) is 6.36. The molecule has 1 aliphatic heterocycles. The number of guanidine groups is 1. The Morgan fingerprint density at radius 2 is 2.15 bits per heavy atom. The van der Waals surface area contributed by atoms with Crippen molar-refractivity contribution in [2.75, 3.05) is 39.5 Å². The molecule has 0 bridgehead atoms. The Morgan fingerprint density at radius 3 is 2.81 bits per heavy atom. The molecular formula is C20H34IN3O3. The van der Waals surface area contributed by atoms with Crippen molar-refractivity contribution >= 4 is 29.9 Å². The van der Waals surface area contributed by atoms with Crippen LogP contribution in [-0.4, -0.2) is 51.6 Å². The maximum atomic E-state index is 5.78. The molecule has 1 atom stereocenters. The van der Waals surface area contributed by atoms with Crippen LogP contribution in [0.2, 0.25) is 0 Å². The lowest BCUT2D eigenvalue weighted by molar-refractivity contribution is 0.0420. The lowest BCUT2D eigenvalue weighted by Gasteiger charge is -2.13. The summed E-state index contributed by atoms with van der Waals surface area (Å²) in [6.45, 7) is 11.4. The molecule has 0 aromatic heterocycles. The minimum absolute atomic E-state index is 0. The summed E-state index contributed by atoms with van der Waals surface area (Å²) in [4.78, 5) is 4.67. The molecule has 1 aliphatic rings. The van der Waals surface area contributed by atoms with E-state index in [0.717, 1.165) is 63.0 Å². The van der Waals surface area contributed by atoms with Crippen molar-refractivity contribution in [3.8, 4) is 5.75 Å². The standard InChI is InChI=1S/C20H33N3O3.HI/c1-4-21-20(22-10-6-11-26-18-9-12-24-15-18)23-14-17-7-8-19(25-5-2)16(3)13-17;/h7-8,13,18H,4-6,9-12,14-15H2,1-3H3,(H2,21,22,23);1H. The first-order chi connectivity index (χ1) is 12.7. The van der Waals surface area contributed by atoms with Crippen molar-refractivity contribution in [1.82, 2.24) is 10.6 Å². The van der Waals surface area contributed by atoms with Crippen molar-refractivity contribution in [3.63, 3.8) is 0 Å². The first kappa shape index (κ1) is 24.0. The number of nitrogens with one attached hydrogen (secondary N) is 2. The monoisotopic (exact) mass is 491 g/mol. The number of hydrogen-bond acceptors (Lipinski definition) is 4. The molecular weight excluding hydrogens is 457 g/mol. The number of benzene rings is 1. The van der Waals surface area contributed by atoms with Crippen LogP contribution in [0.5, 0.6) is 5.75 Å². The average Bonchev–Trinajstić information content (AvgIpc) is 3.15. The summed E-state index contributed by atoms with van der Waals surface area (Å²) in [6, 6.07) is 6.23. The van der Waals surface area contributed by atoms with Gasteiger partial charge in [-0.25, -0.2) is 4.99 Å². The van der Waals surface area contributed by atoms with E-state index in [2.05, 4.69) is 41.6 Å². The molecule has 0 amide bonds. The molecule has 0 radical (unpaired) electrons. The number of hydrogen-bond donors (Lipinski definition) is 2. The summed E-state index contributed by atoms with van der Waals surface area (Å²) in [6.07, 6.45) is 2.24. The molecule has 1 saturated heterocycles. The second kappa shape index (κ2) is 14.0. The minimum atomic E-state index is 0. The predicted molar refractivity (Wildman–Crippen MR) is 120 cm³/mol. The largest absolute Gasteiger partial charge is 0.494 e. The third kappa shape index (κ3) is 9.12. The normalized spacial score (nSPS) is 16.7. The fraction of sp³-hybridized carbons (Fsp3) is 0.650. The van der Waals surface area contributed by atoms with Gasteiger partial charge in [-0.05, 0) is 50.8 Å². The molecule has 7 heteroatoms. The first-order valence-electron chi connectivity index (χ1n) is 9.66. The van der Waals surface area contributed by atoms with E-state index in [1.807, 2.05) is 13.0 Å². The van der Waals surface area contributed by atoms with Gasteiger partial charge in [0.25, 0.3) is 0 Å². The lowest BCUT2D eigenvalue weighted by atomic mass is 10.1. The number of halogens is 1. The molecule has 0 aliphatic carbocycles. The van der Waals surface area contributed by atoms with E-state index in [0.29, 0.717) is 13.2 Å². The topological polar surface area (TPSA) is 64.1 Å². The van der Waals surface area contributed by atoms with Crippen molar-refractivity contribution in [3.05, 3.63) is 29.3 Å². The molecule has 154 valence electrons. The Balaban J connectivity index is 0.00000364.